The maximum absolute atomic E-state index is 12.6. The molecule has 1 aliphatic heterocycles. The van der Waals surface area contributed by atoms with Crippen molar-refractivity contribution in [2.75, 3.05) is 25.0 Å². The van der Waals surface area contributed by atoms with Gasteiger partial charge in [0.25, 0.3) is 0 Å². The van der Waals surface area contributed by atoms with Crippen molar-refractivity contribution in [2.45, 2.75) is 39.5 Å². The number of nitrogens with one attached hydrogen (secondary N) is 1. The molecule has 1 unspecified atom stereocenters. The van der Waals surface area contributed by atoms with Crippen molar-refractivity contribution < 1.29 is 4.79 Å². The molecule has 1 atom stereocenters. The van der Waals surface area contributed by atoms with E-state index in [4.69, 9.17) is 0 Å². The van der Waals surface area contributed by atoms with Gasteiger partial charge in [0.05, 0.1) is 0 Å². The van der Waals surface area contributed by atoms with E-state index in [0.29, 0.717) is 5.92 Å². The maximum atomic E-state index is 12.6. The van der Waals surface area contributed by atoms with Crippen molar-refractivity contribution in [1.82, 2.24) is 5.32 Å². The zero-order valence-corrected chi connectivity index (χ0v) is 13.1. The molecule has 0 saturated heterocycles. The molecule has 1 amide bonds. The number of rotatable bonds is 4. The Bertz CT molecular complexity index is 482. The first-order chi connectivity index (χ1) is 9.54. The molecule has 20 heavy (non-hydrogen) atoms. The van der Waals surface area contributed by atoms with E-state index in [9.17, 15) is 4.79 Å². The van der Waals surface area contributed by atoms with Gasteiger partial charge in [-0.15, -0.1) is 0 Å². The molecule has 1 heterocycles. The molecular formula is C17H26N2O. The first-order valence-electron chi connectivity index (χ1n) is 7.63. The van der Waals surface area contributed by atoms with Gasteiger partial charge < -0.3 is 10.2 Å². The highest BCUT2D eigenvalue weighted by Gasteiger charge is 2.26. The Labute approximate surface area is 122 Å². The molecule has 1 N–H and O–H groups in total. The van der Waals surface area contributed by atoms with Crippen LogP contribution in [-0.4, -0.2) is 26.0 Å². The van der Waals surface area contributed by atoms with Crippen LogP contribution in [0.5, 0.6) is 0 Å². The molecule has 0 fully saturated rings. The number of carbonyl (C=O) groups is 1. The monoisotopic (exact) mass is 274 g/mol. The minimum atomic E-state index is 0.0238. The summed E-state index contributed by atoms with van der Waals surface area (Å²) in [5.74, 6) is 0.794. The van der Waals surface area contributed by atoms with Crippen LogP contribution in [0.15, 0.2) is 18.2 Å². The van der Waals surface area contributed by atoms with Gasteiger partial charge in [-0.2, -0.15) is 0 Å². The Morgan fingerprint density at radius 3 is 2.75 bits per heavy atom. The molecule has 0 radical (unpaired) electrons. The van der Waals surface area contributed by atoms with Crippen LogP contribution in [0.2, 0.25) is 0 Å². The number of hydrogen-bond donors (Lipinski definition) is 1. The molecule has 0 aromatic heterocycles. The third-order valence-electron chi connectivity index (χ3n) is 4.09. The quantitative estimate of drug-likeness (QED) is 0.915. The molecule has 3 heteroatoms. The Kier molecular flexibility index (Phi) is 4.81. The molecular weight excluding hydrogens is 248 g/mol. The van der Waals surface area contributed by atoms with Gasteiger partial charge in [0.1, 0.15) is 0 Å². The zero-order valence-electron chi connectivity index (χ0n) is 13.1. The van der Waals surface area contributed by atoms with E-state index < -0.39 is 0 Å². The van der Waals surface area contributed by atoms with Gasteiger partial charge in [-0.1, -0.05) is 32.9 Å². The van der Waals surface area contributed by atoms with E-state index in [-0.39, 0.29) is 11.8 Å². The minimum Gasteiger partial charge on any atom is -0.319 e. The standard InChI is InChI=1S/C17H26N2O/c1-12(2)14-7-8-16-15(10-14)6-5-9-19(16)17(20)13(3)11-18-4/h7-8,10,12-13,18H,5-6,9,11H2,1-4H3. The predicted molar refractivity (Wildman–Crippen MR) is 84.3 cm³/mol. The summed E-state index contributed by atoms with van der Waals surface area (Å²) in [5, 5.41) is 3.09. The Hall–Kier alpha value is -1.35. The van der Waals surface area contributed by atoms with Gasteiger partial charge in [0.15, 0.2) is 0 Å². The predicted octanol–water partition coefficient (Wildman–Crippen LogP) is 2.94. The summed E-state index contributed by atoms with van der Waals surface area (Å²) in [6.07, 6.45) is 2.15. The number of benzene rings is 1. The fraction of sp³-hybridized carbons (Fsp3) is 0.588. The third kappa shape index (κ3) is 3.04. The van der Waals surface area contributed by atoms with Crippen molar-refractivity contribution in [3.8, 4) is 0 Å². The van der Waals surface area contributed by atoms with Crippen LogP contribution in [0, 0.1) is 5.92 Å². The van der Waals surface area contributed by atoms with Crippen LogP contribution in [0.4, 0.5) is 5.69 Å². The largest absolute Gasteiger partial charge is 0.319 e. The summed E-state index contributed by atoms with van der Waals surface area (Å²) in [5.41, 5.74) is 3.81. The molecule has 2 rings (SSSR count). The fourth-order valence-corrected chi connectivity index (χ4v) is 2.86. The van der Waals surface area contributed by atoms with E-state index in [1.807, 2.05) is 18.9 Å². The highest BCUT2D eigenvalue weighted by Crippen LogP contribution is 2.31. The lowest BCUT2D eigenvalue weighted by molar-refractivity contribution is -0.121. The van der Waals surface area contributed by atoms with Crippen molar-refractivity contribution in [3.63, 3.8) is 0 Å². The van der Waals surface area contributed by atoms with Crippen molar-refractivity contribution >= 4 is 11.6 Å². The second-order valence-corrected chi connectivity index (χ2v) is 6.10. The van der Waals surface area contributed by atoms with E-state index >= 15 is 0 Å². The highest BCUT2D eigenvalue weighted by atomic mass is 16.2. The number of amides is 1. The summed E-state index contributed by atoms with van der Waals surface area (Å²) in [6.45, 7) is 8.00. The molecule has 110 valence electrons. The van der Waals surface area contributed by atoms with Gasteiger partial charge in [0, 0.05) is 24.7 Å². The number of nitrogens with zero attached hydrogens (tertiary/aromatic N) is 1. The Morgan fingerprint density at radius 2 is 2.10 bits per heavy atom. The van der Waals surface area contributed by atoms with E-state index in [2.05, 4.69) is 37.4 Å². The molecule has 1 aliphatic rings. The Balaban J connectivity index is 2.26. The maximum Gasteiger partial charge on any atom is 0.231 e. The smallest absolute Gasteiger partial charge is 0.231 e. The average molecular weight is 274 g/mol. The topological polar surface area (TPSA) is 32.3 Å². The van der Waals surface area contributed by atoms with E-state index in [0.717, 1.165) is 31.6 Å². The van der Waals surface area contributed by atoms with Crippen molar-refractivity contribution in [2.24, 2.45) is 5.92 Å². The lowest BCUT2D eigenvalue weighted by Crippen LogP contribution is -2.41. The van der Waals surface area contributed by atoms with Crippen LogP contribution < -0.4 is 10.2 Å². The molecule has 0 spiro atoms. The number of aryl methyl sites for hydroxylation is 1. The first kappa shape index (κ1) is 15.0. The summed E-state index contributed by atoms with van der Waals surface area (Å²) in [6, 6.07) is 6.58. The lowest BCUT2D eigenvalue weighted by Gasteiger charge is -2.32. The number of fused-ring (bicyclic) bond motifs is 1. The minimum absolute atomic E-state index is 0.0238. The second-order valence-electron chi connectivity index (χ2n) is 6.10. The summed E-state index contributed by atoms with van der Waals surface area (Å²) in [4.78, 5) is 14.5. The van der Waals surface area contributed by atoms with Crippen LogP contribution >= 0.6 is 0 Å². The van der Waals surface area contributed by atoms with Crippen LogP contribution in [-0.2, 0) is 11.2 Å². The van der Waals surface area contributed by atoms with Gasteiger partial charge in [-0.3, -0.25) is 4.79 Å². The molecule has 0 bridgehead atoms. The molecule has 0 saturated carbocycles. The van der Waals surface area contributed by atoms with Crippen molar-refractivity contribution in [3.05, 3.63) is 29.3 Å². The second kappa shape index (κ2) is 6.40. The first-order valence-corrected chi connectivity index (χ1v) is 7.63. The van der Waals surface area contributed by atoms with Crippen LogP contribution in [0.25, 0.3) is 0 Å². The van der Waals surface area contributed by atoms with Crippen molar-refractivity contribution in [1.29, 1.82) is 0 Å². The normalized spacial score (nSPS) is 16.1. The van der Waals surface area contributed by atoms with E-state index in [1.54, 1.807) is 0 Å². The summed E-state index contributed by atoms with van der Waals surface area (Å²) < 4.78 is 0. The van der Waals surface area contributed by atoms with Crippen LogP contribution in [0.3, 0.4) is 0 Å². The average Bonchev–Trinajstić information content (AvgIpc) is 2.45. The molecule has 1 aromatic rings. The van der Waals surface area contributed by atoms with Gasteiger partial charge >= 0.3 is 0 Å². The molecule has 1 aromatic carbocycles. The fourth-order valence-electron chi connectivity index (χ4n) is 2.86. The van der Waals surface area contributed by atoms with E-state index in [1.165, 1.54) is 11.1 Å². The highest BCUT2D eigenvalue weighted by molar-refractivity contribution is 5.96. The van der Waals surface area contributed by atoms with Crippen LogP contribution in [0.1, 0.15) is 44.2 Å². The number of anilines is 1. The molecule has 0 aliphatic carbocycles. The Morgan fingerprint density at radius 1 is 1.35 bits per heavy atom. The number of hydrogen-bond acceptors (Lipinski definition) is 2. The van der Waals surface area contributed by atoms with Gasteiger partial charge in [-0.05, 0) is 43.0 Å². The third-order valence-corrected chi connectivity index (χ3v) is 4.09. The molecule has 3 nitrogen and oxygen atoms in total. The SMILES string of the molecule is CNCC(C)C(=O)N1CCCc2cc(C(C)C)ccc21. The van der Waals surface area contributed by atoms with Gasteiger partial charge in [0.2, 0.25) is 5.91 Å². The zero-order chi connectivity index (χ0) is 14.7. The van der Waals surface area contributed by atoms with Gasteiger partial charge in [-0.25, -0.2) is 0 Å². The lowest BCUT2D eigenvalue weighted by atomic mass is 9.94. The summed E-state index contributed by atoms with van der Waals surface area (Å²) in [7, 11) is 1.89. The summed E-state index contributed by atoms with van der Waals surface area (Å²) >= 11 is 0. The number of carbonyl (C=O) groups excluding carboxylic acids is 1.